The third kappa shape index (κ3) is 4.86. The number of pyridine rings is 1. The lowest BCUT2D eigenvalue weighted by molar-refractivity contribution is -0.111. The number of nitrogens with one attached hydrogen (secondary N) is 1. The Morgan fingerprint density at radius 2 is 1.61 bits per heavy atom. The Balaban J connectivity index is 1.72. The molecule has 4 nitrogen and oxygen atoms in total. The lowest BCUT2D eigenvalue weighted by Gasteiger charge is -2.16. The van der Waals surface area contributed by atoms with Gasteiger partial charge in [-0.2, -0.15) is 0 Å². The molecule has 2 aromatic carbocycles. The average Bonchev–Trinajstić information content (AvgIpc) is 2.72. The fourth-order valence-electron chi connectivity index (χ4n) is 2.88. The van der Waals surface area contributed by atoms with Crippen LogP contribution in [0.4, 0.5) is 5.82 Å². The molecule has 0 aliphatic heterocycles. The van der Waals surface area contributed by atoms with Crippen LogP contribution in [0.3, 0.4) is 0 Å². The van der Waals surface area contributed by atoms with Crippen molar-refractivity contribution in [3.63, 3.8) is 0 Å². The topological polar surface area (TPSA) is 51.2 Å². The lowest BCUT2D eigenvalue weighted by atomic mass is 10.1. The Labute approximate surface area is 165 Å². The molecule has 0 unspecified atom stereocenters. The highest BCUT2D eigenvalue weighted by Crippen LogP contribution is 2.29. The predicted molar refractivity (Wildman–Crippen MR) is 113 cm³/mol. The Bertz CT molecular complexity index is 980. The quantitative estimate of drug-likeness (QED) is 0.602. The fourth-order valence-corrected chi connectivity index (χ4v) is 2.88. The molecule has 1 heterocycles. The molecule has 0 saturated heterocycles. The molecule has 0 aliphatic carbocycles. The van der Waals surface area contributed by atoms with E-state index < -0.39 is 0 Å². The van der Waals surface area contributed by atoms with Gasteiger partial charge in [0.25, 0.3) is 0 Å². The van der Waals surface area contributed by atoms with Crippen LogP contribution in [-0.2, 0) is 11.4 Å². The molecule has 3 rings (SSSR count). The molecule has 0 aliphatic rings. The largest absolute Gasteiger partial charge is 0.487 e. The van der Waals surface area contributed by atoms with E-state index in [0.717, 1.165) is 33.7 Å². The third-order valence-corrected chi connectivity index (χ3v) is 4.56. The Morgan fingerprint density at radius 1 is 0.964 bits per heavy atom. The van der Waals surface area contributed by atoms with E-state index >= 15 is 0 Å². The molecule has 142 valence electrons. The van der Waals surface area contributed by atoms with Gasteiger partial charge in [-0.25, -0.2) is 4.98 Å². The number of anilines is 1. The molecule has 0 atom stereocenters. The van der Waals surface area contributed by atoms with Crippen molar-refractivity contribution in [2.45, 2.75) is 27.4 Å². The van der Waals surface area contributed by atoms with Crippen molar-refractivity contribution in [3.05, 3.63) is 94.7 Å². The molecule has 4 heteroatoms. The third-order valence-electron chi connectivity index (χ3n) is 4.56. The predicted octanol–water partition coefficient (Wildman–Crippen LogP) is 5.24. The van der Waals surface area contributed by atoms with E-state index in [9.17, 15) is 4.79 Å². The summed E-state index contributed by atoms with van der Waals surface area (Å²) in [5.74, 6) is 1.11. The van der Waals surface area contributed by atoms with Gasteiger partial charge in [-0.15, -0.1) is 0 Å². The van der Waals surface area contributed by atoms with Gasteiger partial charge in [-0.05, 0) is 49.1 Å². The summed E-state index contributed by atoms with van der Waals surface area (Å²) < 4.78 is 6.01. The lowest BCUT2D eigenvalue weighted by Crippen LogP contribution is -2.13. The zero-order valence-corrected chi connectivity index (χ0v) is 16.4. The van der Waals surface area contributed by atoms with Crippen molar-refractivity contribution in [1.29, 1.82) is 0 Å². The molecule has 1 aromatic heterocycles. The van der Waals surface area contributed by atoms with Crippen LogP contribution >= 0.6 is 0 Å². The van der Waals surface area contributed by atoms with Crippen molar-refractivity contribution in [2.24, 2.45) is 0 Å². The number of hydrogen-bond acceptors (Lipinski definition) is 3. The minimum absolute atomic E-state index is 0.212. The van der Waals surface area contributed by atoms with E-state index in [-0.39, 0.29) is 5.91 Å². The van der Waals surface area contributed by atoms with Crippen LogP contribution < -0.4 is 10.1 Å². The van der Waals surface area contributed by atoms with Gasteiger partial charge >= 0.3 is 0 Å². The molecule has 0 spiro atoms. The van der Waals surface area contributed by atoms with Crippen LogP contribution in [-0.4, -0.2) is 10.9 Å². The fraction of sp³-hybridized carbons (Fsp3) is 0.167. The molecule has 3 aromatic rings. The van der Waals surface area contributed by atoms with Gasteiger partial charge in [-0.3, -0.25) is 4.79 Å². The van der Waals surface area contributed by atoms with Crippen LogP contribution in [0.1, 0.15) is 27.9 Å². The van der Waals surface area contributed by atoms with Crippen molar-refractivity contribution in [1.82, 2.24) is 4.98 Å². The Hall–Kier alpha value is -3.40. The van der Waals surface area contributed by atoms with Crippen LogP contribution in [0.2, 0.25) is 0 Å². The summed E-state index contributed by atoms with van der Waals surface area (Å²) in [4.78, 5) is 16.8. The number of aromatic nitrogens is 1. The van der Waals surface area contributed by atoms with Crippen molar-refractivity contribution >= 4 is 17.8 Å². The van der Waals surface area contributed by atoms with Gasteiger partial charge < -0.3 is 10.1 Å². The summed E-state index contributed by atoms with van der Waals surface area (Å²) in [6.07, 6.45) is 3.29. The SMILES string of the molecule is Cc1nc(NC(=O)C=Cc2ccccc2)c(C)c(C)c1OCc1ccccc1. The Morgan fingerprint density at radius 3 is 2.29 bits per heavy atom. The maximum atomic E-state index is 12.3. The Kier molecular flexibility index (Phi) is 6.22. The van der Waals surface area contributed by atoms with Crippen LogP contribution in [0.25, 0.3) is 6.08 Å². The van der Waals surface area contributed by atoms with Gasteiger partial charge in [0.1, 0.15) is 18.2 Å². The van der Waals surface area contributed by atoms with Crippen LogP contribution in [0, 0.1) is 20.8 Å². The van der Waals surface area contributed by atoms with E-state index in [4.69, 9.17) is 4.74 Å². The molecule has 0 fully saturated rings. The maximum absolute atomic E-state index is 12.3. The highest BCUT2D eigenvalue weighted by atomic mass is 16.5. The molecule has 28 heavy (non-hydrogen) atoms. The standard InChI is InChI=1S/C24H24N2O2/c1-17-18(2)24(26-22(27)15-14-20-10-6-4-7-11-20)25-19(3)23(17)28-16-21-12-8-5-9-13-21/h4-15H,16H2,1-3H3,(H,25,26,27). The van der Waals surface area contributed by atoms with Crippen LogP contribution in [0.15, 0.2) is 66.7 Å². The molecule has 1 amide bonds. The second-order valence-corrected chi connectivity index (χ2v) is 6.63. The van der Waals surface area contributed by atoms with E-state index in [1.165, 1.54) is 6.08 Å². The van der Waals surface area contributed by atoms with Gasteiger partial charge in [-0.1, -0.05) is 60.7 Å². The van der Waals surface area contributed by atoms with E-state index in [1.807, 2.05) is 81.4 Å². The second kappa shape index (κ2) is 9.00. The number of rotatable bonds is 6. The first-order chi connectivity index (χ1) is 13.5. The number of hydrogen-bond donors (Lipinski definition) is 1. The highest BCUT2D eigenvalue weighted by Gasteiger charge is 2.14. The highest BCUT2D eigenvalue weighted by molar-refractivity contribution is 6.01. The number of amides is 1. The summed E-state index contributed by atoms with van der Waals surface area (Å²) in [6, 6.07) is 19.7. The van der Waals surface area contributed by atoms with Gasteiger partial charge in [0, 0.05) is 6.08 Å². The zero-order valence-electron chi connectivity index (χ0n) is 16.4. The molecule has 0 radical (unpaired) electrons. The van der Waals surface area contributed by atoms with Gasteiger partial charge in [0.05, 0.1) is 5.69 Å². The maximum Gasteiger partial charge on any atom is 0.249 e. The number of benzene rings is 2. The van der Waals surface area contributed by atoms with Gasteiger partial charge in [0.15, 0.2) is 0 Å². The first-order valence-electron chi connectivity index (χ1n) is 9.23. The van der Waals surface area contributed by atoms with E-state index in [1.54, 1.807) is 6.08 Å². The molecule has 0 bridgehead atoms. The first-order valence-corrected chi connectivity index (χ1v) is 9.23. The van der Waals surface area contributed by atoms with Crippen LogP contribution in [0.5, 0.6) is 5.75 Å². The number of ether oxygens (including phenoxy) is 1. The summed E-state index contributed by atoms with van der Waals surface area (Å²) in [5.41, 5.74) is 4.70. The summed E-state index contributed by atoms with van der Waals surface area (Å²) in [5, 5.41) is 2.87. The number of carbonyl (C=O) groups excluding carboxylic acids is 1. The second-order valence-electron chi connectivity index (χ2n) is 6.63. The summed E-state index contributed by atoms with van der Waals surface area (Å²) in [6.45, 7) is 6.30. The first kappa shape index (κ1) is 19.4. The smallest absolute Gasteiger partial charge is 0.249 e. The van der Waals surface area contributed by atoms with E-state index in [0.29, 0.717) is 12.4 Å². The number of aryl methyl sites for hydroxylation is 1. The zero-order chi connectivity index (χ0) is 19.9. The van der Waals surface area contributed by atoms with Gasteiger partial charge in [0.2, 0.25) is 5.91 Å². The normalized spacial score (nSPS) is 10.8. The number of nitrogens with zero attached hydrogens (tertiary/aromatic N) is 1. The van der Waals surface area contributed by atoms with Crippen molar-refractivity contribution in [3.8, 4) is 5.75 Å². The summed E-state index contributed by atoms with van der Waals surface area (Å²) >= 11 is 0. The minimum atomic E-state index is -0.212. The number of carbonyl (C=O) groups is 1. The molecule has 0 saturated carbocycles. The molecular weight excluding hydrogens is 348 g/mol. The average molecular weight is 372 g/mol. The van der Waals surface area contributed by atoms with Crippen molar-refractivity contribution in [2.75, 3.05) is 5.32 Å². The monoisotopic (exact) mass is 372 g/mol. The molecular formula is C24H24N2O2. The summed E-state index contributed by atoms with van der Waals surface area (Å²) in [7, 11) is 0. The van der Waals surface area contributed by atoms with Crippen molar-refractivity contribution < 1.29 is 9.53 Å². The minimum Gasteiger partial charge on any atom is -0.487 e. The van der Waals surface area contributed by atoms with E-state index in [2.05, 4.69) is 10.3 Å². The molecule has 1 N–H and O–H groups in total.